The van der Waals surface area contributed by atoms with Crippen LogP contribution in [-0.2, 0) is 6.42 Å². The monoisotopic (exact) mass is 209 g/mol. The van der Waals surface area contributed by atoms with Crippen LogP contribution in [0, 0.1) is 0 Å². The molecule has 0 saturated carbocycles. The van der Waals surface area contributed by atoms with Crippen LogP contribution < -0.4 is 5.43 Å². The third-order valence-corrected chi connectivity index (χ3v) is 2.12. The zero-order chi connectivity index (χ0) is 10.7. The molecule has 0 radical (unpaired) electrons. The predicted molar refractivity (Wildman–Crippen MR) is 52.1 cm³/mol. The molecule has 0 amide bonds. The molecule has 1 aliphatic carbocycles. The summed E-state index contributed by atoms with van der Waals surface area (Å²) in [5.74, 6) is 0. The molecule has 7 heteroatoms. The standard InChI is InChI=1S/C8H11N5O2/c1-2-9-10-7-5(11-14)3-4-6-8(7)13-15-12-6/h9,14H,2-4H2,1H3. The molecule has 0 bridgehead atoms. The first-order valence-electron chi connectivity index (χ1n) is 4.70. The minimum Gasteiger partial charge on any atom is -0.411 e. The van der Waals surface area contributed by atoms with Crippen LogP contribution in [0.2, 0.25) is 0 Å². The Hall–Kier alpha value is -1.92. The second-order valence-electron chi connectivity index (χ2n) is 3.08. The molecule has 2 rings (SSSR count). The molecule has 0 atom stereocenters. The lowest BCUT2D eigenvalue weighted by Gasteiger charge is -2.11. The maximum atomic E-state index is 8.82. The minimum atomic E-state index is 0.499. The van der Waals surface area contributed by atoms with Crippen LogP contribution in [0.25, 0.3) is 0 Å². The first-order chi connectivity index (χ1) is 7.36. The van der Waals surface area contributed by atoms with E-state index in [0.717, 1.165) is 5.69 Å². The van der Waals surface area contributed by atoms with E-state index < -0.39 is 0 Å². The summed E-state index contributed by atoms with van der Waals surface area (Å²) in [6, 6.07) is 0. The van der Waals surface area contributed by atoms with Crippen LogP contribution in [-0.4, -0.2) is 33.5 Å². The van der Waals surface area contributed by atoms with Gasteiger partial charge in [-0.2, -0.15) is 5.10 Å². The van der Waals surface area contributed by atoms with Crippen molar-refractivity contribution in [3.8, 4) is 0 Å². The van der Waals surface area contributed by atoms with Gasteiger partial charge in [0.15, 0.2) is 5.69 Å². The van der Waals surface area contributed by atoms with E-state index in [1.165, 1.54) is 0 Å². The summed E-state index contributed by atoms with van der Waals surface area (Å²) in [5.41, 5.74) is 5.10. The first kappa shape index (κ1) is 9.63. The number of hydrogen-bond acceptors (Lipinski definition) is 7. The third-order valence-electron chi connectivity index (χ3n) is 2.12. The van der Waals surface area contributed by atoms with E-state index in [0.29, 0.717) is 36.5 Å². The first-order valence-corrected chi connectivity index (χ1v) is 4.70. The number of nitrogens with zero attached hydrogens (tertiary/aromatic N) is 4. The molecule has 80 valence electrons. The molecule has 1 aromatic rings. The molecule has 0 fully saturated rings. The van der Waals surface area contributed by atoms with Gasteiger partial charge in [-0.05, 0) is 12.1 Å². The molecule has 1 heterocycles. The fourth-order valence-electron chi connectivity index (χ4n) is 1.42. The van der Waals surface area contributed by atoms with Crippen molar-refractivity contribution < 1.29 is 9.84 Å². The number of nitrogens with one attached hydrogen (secondary N) is 1. The summed E-state index contributed by atoms with van der Waals surface area (Å²) < 4.78 is 4.63. The zero-order valence-electron chi connectivity index (χ0n) is 8.27. The van der Waals surface area contributed by atoms with Crippen LogP contribution in [0.4, 0.5) is 0 Å². The molecular weight excluding hydrogens is 198 g/mol. The van der Waals surface area contributed by atoms with Crippen LogP contribution in [0.5, 0.6) is 0 Å². The summed E-state index contributed by atoms with van der Waals surface area (Å²) in [6.45, 7) is 2.60. The second-order valence-corrected chi connectivity index (χ2v) is 3.08. The van der Waals surface area contributed by atoms with Gasteiger partial charge >= 0.3 is 0 Å². The summed E-state index contributed by atoms with van der Waals surface area (Å²) in [7, 11) is 0. The largest absolute Gasteiger partial charge is 0.411 e. The van der Waals surface area contributed by atoms with Gasteiger partial charge in [0, 0.05) is 19.4 Å². The Morgan fingerprint density at radius 2 is 2.33 bits per heavy atom. The van der Waals surface area contributed by atoms with E-state index in [4.69, 9.17) is 5.21 Å². The lowest BCUT2D eigenvalue weighted by molar-refractivity contribution is 0.303. The van der Waals surface area contributed by atoms with Gasteiger partial charge in [0.05, 0.1) is 0 Å². The lowest BCUT2D eigenvalue weighted by atomic mass is 9.97. The maximum Gasteiger partial charge on any atom is 0.160 e. The van der Waals surface area contributed by atoms with Crippen molar-refractivity contribution in [2.45, 2.75) is 19.8 Å². The molecule has 1 aliphatic rings. The Bertz CT molecular complexity index is 409. The van der Waals surface area contributed by atoms with Crippen LogP contribution in [0.1, 0.15) is 24.7 Å². The minimum absolute atomic E-state index is 0.499. The van der Waals surface area contributed by atoms with Crippen molar-refractivity contribution in [2.24, 2.45) is 10.3 Å². The number of hydrazone groups is 1. The van der Waals surface area contributed by atoms with Gasteiger partial charge in [0.25, 0.3) is 0 Å². The highest BCUT2D eigenvalue weighted by molar-refractivity contribution is 6.48. The summed E-state index contributed by atoms with van der Waals surface area (Å²) in [5, 5.41) is 23.6. The smallest absolute Gasteiger partial charge is 0.160 e. The number of oxime groups is 1. The second kappa shape index (κ2) is 4.07. The Kier molecular flexibility index (Phi) is 2.61. The Morgan fingerprint density at radius 3 is 3.07 bits per heavy atom. The third kappa shape index (κ3) is 1.67. The van der Waals surface area contributed by atoms with Gasteiger partial charge in [-0.25, -0.2) is 4.63 Å². The van der Waals surface area contributed by atoms with Gasteiger partial charge in [0.1, 0.15) is 17.1 Å². The molecule has 1 aromatic heterocycles. The van der Waals surface area contributed by atoms with Crippen LogP contribution >= 0.6 is 0 Å². The fourth-order valence-corrected chi connectivity index (χ4v) is 1.42. The highest BCUT2D eigenvalue weighted by Gasteiger charge is 2.27. The van der Waals surface area contributed by atoms with E-state index in [1.54, 1.807) is 0 Å². The van der Waals surface area contributed by atoms with Crippen molar-refractivity contribution in [3.05, 3.63) is 11.4 Å². The van der Waals surface area contributed by atoms with E-state index in [2.05, 4.69) is 30.6 Å². The van der Waals surface area contributed by atoms with Crippen LogP contribution in [0.15, 0.2) is 14.9 Å². The molecule has 0 saturated heterocycles. The van der Waals surface area contributed by atoms with Gasteiger partial charge in [0.2, 0.25) is 0 Å². The molecular formula is C8H11N5O2. The van der Waals surface area contributed by atoms with Crippen molar-refractivity contribution in [1.29, 1.82) is 0 Å². The quantitative estimate of drug-likeness (QED) is 0.534. The lowest BCUT2D eigenvalue weighted by Crippen LogP contribution is -2.26. The van der Waals surface area contributed by atoms with Gasteiger partial charge < -0.3 is 10.6 Å². The van der Waals surface area contributed by atoms with E-state index in [-0.39, 0.29) is 0 Å². The molecule has 2 N–H and O–H groups in total. The highest BCUT2D eigenvalue weighted by Crippen LogP contribution is 2.16. The number of hydrogen-bond donors (Lipinski definition) is 2. The Labute approximate surface area is 85.8 Å². The van der Waals surface area contributed by atoms with Gasteiger partial charge in [-0.1, -0.05) is 10.3 Å². The van der Waals surface area contributed by atoms with Crippen molar-refractivity contribution in [2.75, 3.05) is 6.54 Å². The van der Waals surface area contributed by atoms with Gasteiger partial charge in [-0.15, -0.1) is 0 Å². The van der Waals surface area contributed by atoms with E-state index in [9.17, 15) is 0 Å². The van der Waals surface area contributed by atoms with Crippen molar-refractivity contribution in [1.82, 2.24) is 15.7 Å². The zero-order valence-corrected chi connectivity index (χ0v) is 8.27. The molecule has 0 aromatic carbocycles. The average molecular weight is 209 g/mol. The summed E-state index contributed by atoms with van der Waals surface area (Å²) in [6.07, 6.45) is 1.24. The summed E-state index contributed by atoms with van der Waals surface area (Å²) >= 11 is 0. The van der Waals surface area contributed by atoms with Crippen molar-refractivity contribution >= 4 is 11.4 Å². The SMILES string of the molecule is CCNN=C1C(=NO)CCc2nonc21. The van der Waals surface area contributed by atoms with Crippen LogP contribution in [0.3, 0.4) is 0 Å². The number of aromatic nitrogens is 2. The molecule has 0 aliphatic heterocycles. The molecule has 0 spiro atoms. The highest BCUT2D eigenvalue weighted by atomic mass is 16.6. The maximum absolute atomic E-state index is 8.82. The molecule has 15 heavy (non-hydrogen) atoms. The van der Waals surface area contributed by atoms with Crippen molar-refractivity contribution in [3.63, 3.8) is 0 Å². The fraction of sp³-hybridized carbons (Fsp3) is 0.500. The van der Waals surface area contributed by atoms with E-state index in [1.807, 2.05) is 6.92 Å². The molecule has 0 unspecified atom stereocenters. The number of aryl methyl sites for hydroxylation is 1. The topological polar surface area (TPSA) is 95.9 Å². The number of rotatable bonds is 2. The molecule has 7 nitrogen and oxygen atoms in total. The normalized spacial score (nSPS) is 20.6. The Balaban J connectivity index is 2.40. The van der Waals surface area contributed by atoms with E-state index >= 15 is 0 Å². The summed E-state index contributed by atoms with van der Waals surface area (Å²) in [4.78, 5) is 0. The predicted octanol–water partition coefficient (Wildman–Crippen LogP) is 0.160. The number of fused-ring (bicyclic) bond motifs is 1. The average Bonchev–Trinajstić information content (AvgIpc) is 2.73. The Morgan fingerprint density at radius 1 is 1.47 bits per heavy atom. The van der Waals surface area contributed by atoms with Gasteiger partial charge in [-0.3, -0.25) is 0 Å².